The number of aromatic nitrogens is 1. The van der Waals surface area contributed by atoms with Gasteiger partial charge in [-0.15, -0.1) is 0 Å². The van der Waals surface area contributed by atoms with Crippen molar-refractivity contribution in [3.8, 4) is 0 Å². The minimum atomic E-state index is -0.446. The lowest BCUT2D eigenvalue weighted by molar-refractivity contribution is -0.386. The predicted octanol–water partition coefficient (Wildman–Crippen LogP) is 0.892. The highest BCUT2D eigenvalue weighted by Crippen LogP contribution is 2.22. The van der Waals surface area contributed by atoms with Crippen molar-refractivity contribution in [3.05, 3.63) is 27.4 Å². The zero-order chi connectivity index (χ0) is 10.0. The molecule has 0 spiro atoms. The molecule has 0 aliphatic rings. The molecule has 70 valence electrons. The molecule has 0 aliphatic carbocycles. The Hall–Kier alpha value is -1.69. The SMILES string of the molecule is Cc1cc(NN)nc(C)c1[N+](=O)[O-]. The molecular formula is C7H10N4O2. The molecule has 0 saturated heterocycles. The number of hydrazine groups is 1. The van der Waals surface area contributed by atoms with Crippen molar-refractivity contribution in [1.82, 2.24) is 4.98 Å². The van der Waals surface area contributed by atoms with E-state index in [2.05, 4.69) is 10.4 Å². The third kappa shape index (κ3) is 1.73. The summed E-state index contributed by atoms with van der Waals surface area (Å²) < 4.78 is 0. The second-order valence-corrected chi connectivity index (χ2v) is 2.66. The van der Waals surface area contributed by atoms with Gasteiger partial charge in [0.25, 0.3) is 5.69 Å². The molecule has 0 atom stereocenters. The fraction of sp³-hybridized carbons (Fsp3) is 0.286. The molecule has 13 heavy (non-hydrogen) atoms. The average molecular weight is 182 g/mol. The molecule has 1 aromatic heterocycles. The van der Waals surface area contributed by atoms with Crippen LogP contribution in [0, 0.1) is 24.0 Å². The van der Waals surface area contributed by atoms with Crippen molar-refractivity contribution in [1.29, 1.82) is 0 Å². The summed E-state index contributed by atoms with van der Waals surface area (Å²) in [4.78, 5) is 14.0. The van der Waals surface area contributed by atoms with Crippen LogP contribution in [0.25, 0.3) is 0 Å². The summed E-state index contributed by atoms with van der Waals surface area (Å²) >= 11 is 0. The monoisotopic (exact) mass is 182 g/mol. The number of nitrogens with zero attached hydrogens (tertiary/aromatic N) is 2. The van der Waals surface area contributed by atoms with Crippen LogP contribution in [-0.4, -0.2) is 9.91 Å². The second-order valence-electron chi connectivity index (χ2n) is 2.66. The molecule has 0 saturated carbocycles. The quantitative estimate of drug-likeness (QED) is 0.402. The van der Waals surface area contributed by atoms with E-state index in [4.69, 9.17) is 5.84 Å². The Balaban J connectivity index is 3.31. The highest BCUT2D eigenvalue weighted by atomic mass is 16.6. The second kappa shape index (κ2) is 3.36. The average Bonchev–Trinajstić information content (AvgIpc) is 2.02. The smallest absolute Gasteiger partial charge is 0.293 e. The standard InChI is InChI=1S/C7H10N4O2/c1-4-3-6(10-8)9-5(2)7(4)11(12)13/h3H,8H2,1-2H3,(H,9,10). The van der Waals surface area contributed by atoms with Gasteiger partial charge in [-0.05, 0) is 19.9 Å². The lowest BCUT2D eigenvalue weighted by atomic mass is 10.2. The van der Waals surface area contributed by atoms with Gasteiger partial charge >= 0.3 is 0 Å². The largest absolute Gasteiger partial charge is 0.308 e. The molecule has 6 heteroatoms. The van der Waals surface area contributed by atoms with E-state index in [-0.39, 0.29) is 5.69 Å². The van der Waals surface area contributed by atoms with Crippen LogP contribution in [0.3, 0.4) is 0 Å². The topological polar surface area (TPSA) is 94.1 Å². The van der Waals surface area contributed by atoms with Crippen LogP contribution in [0.1, 0.15) is 11.3 Å². The summed E-state index contributed by atoms with van der Waals surface area (Å²) in [7, 11) is 0. The Kier molecular flexibility index (Phi) is 2.43. The maximum absolute atomic E-state index is 10.6. The van der Waals surface area contributed by atoms with E-state index in [1.54, 1.807) is 13.8 Å². The third-order valence-electron chi connectivity index (χ3n) is 1.69. The molecule has 3 N–H and O–H groups in total. The molecule has 1 rings (SSSR count). The first kappa shape index (κ1) is 9.40. The first-order chi connectivity index (χ1) is 6.06. The molecule has 0 bridgehead atoms. The normalized spacial score (nSPS) is 9.77. The zero-order valence-electron chi connectivity index (χ0n) is 7.37. The van der Waals surface area contributed by atoms with E-state index in [0.717, 1.165) is 0 Å². The number of nitrogen functional groups attached to an aromatic ring is 1. The van der Waals surface area contributed by atoms with Gasteiger partial charge in [-0.2, -0.15) is 0 Å². The number of hydrogen-bond acceptors (Lipinski definition) is 5. The fourth-order valence-electron chi connectivity index (χ4n) is 1.17. The van der Waals surface area contributed by atoms with E-state index in [1.807, 2.05) is 0 Å². The van der Waals surface area contributed by atoms with Crippen LogP contribution < -0.4 is 11.3 Å². The van der Waals surface area contributed by atoms with Gasteiger partial charge in [0.05, 0.1) is 4.92 Å². The molecule has 6 nitrogen and oxygen atoms in total. The third-order valence-corrected chi connectivity index (χ3v) is 1.69. The number of rotatable bonds is 2. The van der Waals surface area contributed by atoms with Crippen LogP contribution in [0.15, 0.2) is 6.07 Å². The van der Waals surface area contributed by atoms with E-state index < -0.39 is 4.92 Å². The van der Waals surface area contributed by atoms with Crippen LogP contribution in [0.5, 0.6) is 0 Å². The number of anilines is 1. The highest BCUT2D eigenvalue weighted by Gasteiger charge is 2.16. The van der Waals surface area contributed by atoms with E-state index in [0.29, 0.717) is 17.1 Å². The molecule has 0 aliphatic heterocycles. The summed E-state index contributed by atoms with van der Waals surface area (Å²) in [5.41, 5.74) is 3.29. The van der Waals surface area contributed by atoms with Crippen molar-refractivity contribution in [2.75, 3.05) is 5.43 Å². The summed E-state index contributed by atoms with van der Waals surface area (Å²) in [6.45, 7) is 3.22. The van der Waals surface area contributed by atoms with Gasteiger partial charge in [0.2, 0.25) is 0 Å². The number of nitrogens with one attached hydrogen (secondary N) is 1. The number of hydrogen-bond donors (Lipinski definition) is 2. The van der Waals surface area contributed by atoms with Crippen LogP contribution in [0.2, 0.25) is 0 Å². The van der Waals surface area contributed by atoms with Gasteiger partial charge in [0.1, 0.15) is 11.5 Å². The fourth-order valence-corrected chi connectivity index (χ4v) is 1.17. The van der Waals surface area contributed by atoms with Gasteiger partial charge in [-0.3, -0.25) is 10.1 Å². The number of nitrogens with two attached hydrogens (primary N) is 1. The molecule has 0 amide bonds. The summed E-state index contributed by atoms with van der Waals surface area (Å²) in [6, 6.07) is 1.53. The van der Waals surface area contributed by atoms with Crippen molar-refractivity contribution < 1.29 is 4.92 Å². The van der Waals surface area contributed by atoms with Crippen LogP contribution >= 0.6 is 0 Å². The Bertz CT molecular complexity index is 327. The van der Waals surface area contributed by atoms with Gasteiger partial charge in [-0.25, -0.2) is 10.8 Å². The Morgan fingerprint density at radius 3 is 2.62 bits per heavy atom. The molecule has 0 unspecified atom stereocenters. The molecule has 1 aromatic rings. The van der Waals surface area contributed by atoms with E-state index in [1.165, 1.54) is 6.07 Å². The number of pyridine rings is 1. The van der Waals surface area contributed by atoms with Gasteiger partial charge in [0.15, 0.2) is 0 Å². The molecule has 0 aromatic carbocycles. The van der Waals surface area contributed by atoms with Crippen molar-refractivity contribution in [2.24, 2.45) is 5.84 Å². The number of nitro groups is 1. The lowest BCUT2D eigenvalue weighted by Gasteiger charge is -2.03. The number of aryl methyl sites for hydroxylation is 2. The molecule has 1 heterocycles. The van der Waals surface area contributed by atoms with Gasteiger partial charge in [-0.1, -0.05) is 0 Å². The maximum atomic E-state index is 10.6. The Labute approximate surface area is 74.9 Å². The van der Waals surface area contributed by atoms with E-state index >= 15 is 0 Å². The zero-order valence-corrected chi connectivity index (χ0v) is 7.37. The van der Waals surface area contributed by atoms with Gasteiger partial charge < -0.3 is 5.43 Å². The highest BCUT2D eigenvalue weighted by molar-refractivity contribution is 5.50. The Morgan fingerprint density at radius 2 is 2.23 bits per heavy atom. The summed E-state index contributed by atoms with van der Waals surface area (Å²) in [5.74, 6) is 5.56. The summed E-state index contributed by atoms with van der Waals surface area (Å²) in [6.07, 6.45) is 0. The molecule has 0 radical (unpaired) electrons. The van der Waals surface area contributed by atoms with Crippen LogP contribution in [0.4, 0.5) is 11.5 Å². The maximum Gasteiger partial charge on any atom is 0.293 e. The van der Waals surface area contributed by atoms with Crippen molar-refractivity contribution in [2.45, 2.75) is 13.8 Å². The van der Waals surface area contributed by atoms with E-state index in [9.17, 15) is 10.1 Å². The molecule has 0 fully saturated rings. The minimum absolute atomic E-state index is 0.0407. The first-order valence-corrected chi connectivity index (χ1v) is 3.65. The molecular weight excluding hydrogens is 172 g/mol. The lowest BCUT2D eigenvalue weighted by Crippen LogP contribution is -2.10. The predicted molar refractivity (Wildman–Crippen MR) is 48.2 cm³/mol. The van der Waals surface area contributed by atoms with Gasteiger partial charge in [0, 0.05) is 5.56 Å². The first-order valence-electron chi connectivity index (χ1n) is 3.65. The minimum Gasteiger partial charge on any atom is -0.308 e. The van der Waals surface area contributed by atoms with Crippen molar-refractivity contribution >= 4 is 11.5 Å². The summed E-state index contributed by atoms with van der Waals surface area (Å²) in [5, 5.41) is 10.6. The van der Waals surface area contributed by atoms with Crippen LogP contribution in [-0.2, 0) is 0 Å². The van der Waals surface area contributed by atoms with Crippen molar-refractivity contribution in [3.63, 3.8) is 0 Å². The Morgan fingerprint density at radius 1 is 1.62 bits per heavy atom.